The van der Waals surface area contributed by atoms with E-state index < -0.39 is 12.1 Å². The molecule has 0 aliphatic carbocycles. The summed E-state index contributed by atoms with van der Waals surface area (Å²) < 4.78 is 5.01. The maximum atomic E-state index is 9.31. The molecule has 0 saturated heterocycles. The number of nitrogen functional groups attached to an aromatic ring is 1. The van der Waals surface area contributed by atoms with E-state index in [1.165, 1.54) is 0 Å². The van der Waals surface area contributed by atoms with Gasteiger partial charge in [0.1, 0.15) is 5.75 Å². The van der Waals surface area contributed by atoms with E-state index in [9.17, 15) is 5.11 Å². The molecule has 0 spiro atoms. The number of hydrogen-bond acceptors (Lipinski definition) is 4. The van der Waals surface area contributed by atoms with Gasteiger partial charge in [0, 0.05) is 11.8 Å². The highest BCUT2D eigenvalue weighted by Crippen LogP contribution is 2.25. The van der Waals surface area contributed by atoms with Crippen LogP contribution in [-0.4, -0.2) is 18.3 Å². The topological polar surface area (TPSA) is 81.5 Å². The molecular weight excluding hydrogens is 180 g/mol. The minimum atomic E-state index is -0.620. The van der Waals surface area contributed by atoms with Crippen LogP contribution in [0.1, 0.15) is 18.5 Å². The van der Waals surface area contributed by atoms with Crippen molar-refractivity contribution in [2.45, 2.75) is 19.1 Å². The van der Waals surface area contributed by atoms with Crippen LogP contribution in [0.2, 0.25) is 0 Å². The van der Waals surface area contributed by atoms with Crippen LogP contribution < -0.4 is 16.2 Å². The molecule has 0 amide bonds. The van der Waals surface area contributed by atoms with Crippen LogP contribution in [0.5, 0.6) is 5.75 Å². The van der Waals surface area contributed by atoms with Crippen LogP contribution >= 0.6 is 0 Å². The van der Waals surface area contributed by atoms with Gasteiger partial charge in [-0.1, -0.05) is 6.07 Å². The number of aliphatic hydroxyl groups is 1. The van der Waals surface area contributed by atoms with Crippen molar-refractivity contribution in [1.82, 2.24) is 0 Å². The molecule has 0 fully saturated rings. The first-order valence-corrected chi connectivity index (χ1v) is 4.43. The van der Waals surface area contributed by atoms with Gasteiger partial charge in [-0.25, -0.2) is 0 Å². The second-order valence-electron chi connectivity index (χ2n) is 3.26. The first-order valence-electron chi connectivity index (χ1n) is 4.43. The fourth-order valence-electron chi connectivity index (χ4n) is 1.24. The zero-order valence-corrected chi connectivity index (χ0v) is 8.40. The fourth-order valence-corrected chi connectivity index (χ4v) is 1.24. The van der Waals surface area contributed by atoms with Crippen molar-refractivity contribution in [3.8, 4) is 5.75 Å². The Morgan fingerprint density at radius 3 is 2.50 bits per heavy atom. The van der Waals surface area contributed by atoms with E-state index in [4.69, 9.17) is 16.2 Å². The third kappa shape index (κ3) is 2.16. The average molecular weight is 196 g/mol. The smallest absolute Gasteiger partial charge is 0.120 e. The predicted molar refractivity (Wildman–Crippen MR) is 56.0 cm³/mol. The number of anilines is 1. The number of benzene rings is 1. The van der Waals surface area contributed by atoms with Gasteiger partial charge >= 0.3 is 0 Å². The normalized spacial score (nSPS) is 14.9. The minimum absolute atomic E-state index is 0.457. The Morgan fingerprint density at radius 1 is 1.43 bits per heavy atom. The highest BCUT2D eigenvalue weighted by Gasteiger charge is 2.14. The molecule has 1 rings (SSSR count). The van der Waals surface area contributed by atoms with E-state index in [0.29, 0.717) is 11.4 Å². The van der Waals surface area contributed by atoms with Crippen LogP contribution in [0.4, 0.5) is 5.69 Å². The SMILES string of the molecule is COc1ccc([C@@H](N)[C@H](C)O)c(N)c1. The molecule has 78 valence electrons. The lowest BCUT2D eigenvalue weighted by Gasteiger charge is -2.17. The molecule has 0 aliphatic rings. The Balaban J connectivity index is 2.99. The minimum Gasteiger partial charge on any atom is -0.497 e. The van der Waals surface area contributed by atoms with Gasteiger partial charge in [-0.05, 0) is 18.6 Å². The molecule has 1 aromatic carbocycles. The van der Waals surface area contributed by atoms with Gasteiger partial charge in [-0.3, -0.25) is 0 Å². The second-order valence-corrected chi connectivity index (χ2v) is 3.26. The second kappa shape index (κ2) is 4.30. The van der Waals surface area contributed by atoms with E-state index in [-0.39, 0.29) is 0 Å². The highest BCUT2D eigenvalue weighted by atomic mass is 16.5. The summed E-state index contributed by atoms with van der Waals surface area (Å²) in [6, 6.07) is 4.78. The predicted octanol–water partition coefficient (Wildman–Crippen LogP) is 0.658. The maximum absolute atomic E-state index is 9.31. The number of methoxy groups -OCH3 is 1. The lowest BCUT2D eigenvalue weighted by atomic mass is 10.0. The van der Waals surface area contributed by atoms with E-state index in [0.717, 1.165) is 5.56 Å². The number of aliphatic hydroxyl groups excluding tert-OH is 1. The summed E-state index contributed by atoms with van der Waals surface area (Å²) in [6.45, 7) is 1.63. The van der Waals surface area contributed by atoms with Crippen LogP contribution in [0.15, 0.2) is 18.2 Å². The molecule has 0 unspecified atom stereocenters. The standard InChI is InChI=1S/C10H16N2O2/c1-6(13)10(12)8-4-3-7(14-2)5-9(8)11/h3-6,10,13H,11-12H2,1-2H3/t6-,10-/m0/s1. The zero-order valence-electron chi connectivity index (χ0n) is 8.40. The lowest BCUT2D eigenvalue weighted by molar-refractivity contribution is 0.164. The molecule has 14 heavy (non-hydrogen) atoms. The first kappa shape index (κ1) is 10.8. The summed E-state index contributed by atoms with van der Waals surface area (Å²) in [5.41, 5.74) is 12.8. The van der Waals surface area contributed by atoms with Crippen LogP contribution in [-0.2, 0) is 0 Å². The largest absolute Gasteiger partial charge is 0.497 e. The lowest BCUT2D eigenvalue weighted by Crippen LogP contribution is -2.24. The summed E-state index contributed by atoms with van der Waals surface area (Å²) in [6.07, 6.45) is -0.620. The van der Waals surface area contributed by atoms with Crippen molar-refractivity contribution in [1.29, 1.82) is 0 Å². The van der Waals surface area contributed by atoms with E-state index >= 15 is 0 Å². The molecule has 0 radical (unpaired) electrons. The molecule has 5 N–H and O–H groups in total. The van der Waals surface area contributed by atoms with Gasteiger partial charge in [-0.2, -0.15) is 0 Å². The van der Waals surface area contributed by atoms with Crippen LogP contribution in [0, 0.1) is 0 Å². The Kier molecular flexibility index (Phi) is 3.33. The summed E-state index contributed by atoms with van der Waals surface area (Å²) in [5, 5.41) is 9.31. The third-order valence-corrected chi connectivity index (χ3v) is 2.17. The van der Waals surface area contributed by atoms with Gasteiger partial charge < -0.3 is 21.3 Å². The van der Waals surface area contributed by atoms with E-state index in [1.54, 1.807) is 32.2 Å². The maximum Gasteiger partial charge on any atom is 0.120 e. The number of rotatable bonds is 3. The van der Waals surface area contributed by atoms with Crippen molar-refractivity contribution >= 4 is 5.69 Å². The van der Waals surface area contributed by atoms with Crippen molar-refractivity contribution in [2.75, 3.05) is 12.8 Å². The van der Waals surface area contributed by atoms with Crippen molar-refractivity contribution < 1.29 is 9.84 Å². The molecule has 4 heteroatoms. The fraction of sp³-hybridized carbons (Fsp3) is 0.400. The molecule has 4 nitrogen and oxygen atoms in total. The molecular formula is C10H16N2O2. The van der Waals surface area contributed by atoms with Crippen LogP contribution in [0.25, 0.3) is 0 Å². The van der Waals surface area contributed by atoms with Gasteiger partial charge in [0.05, 0.1) is 19.3 Å². The Morgan fingerprint density at radius 2 is 2.07 bits per heavy atom. The molecule has 0 bridgehead atoms. The van der Waals surface area contributed by atoms with E-state index in [2.05, 4.69) is 0 Å². The van der Waals surface area contributed by atoms with Crippen molar-refractivity contribution in [2.24, 2.45) is 5.73 Å². The number of hydrogen-bond donors (Lipinski definition) is 3. The highest BCUT2D eigenvalue weighted by molar-refractivity contribution is 5.53. The number of nitrogens with two attached hydrogens (primary N) is 2. The zero-order chi connectivity index (χ0) is 10.7. The van der Waals surface area contributed by atoms with Crippen LogP contribution in [0.3, 0.4) is 0 Å². The summed E-state index contributed by atoms with van der Waals surface area (Å²) >= 11 is 0. The third-order valence-electron chi connectivity index (χ3n) is 2.17. The molecule has 0 aromatic heterocycles. The summed E-state index contributed by atoms with van der Waals surface area (Å²) in [7, 11) is 1.57. The average Bonchev–Trinajstić information content (AvgIpc) is 2.16. The first-order chi connectivity index (χ1) is 6.56. The molecule has 1 aromatic rings. The van der Waals surface area contributed by atoms with Gasteiger partial charge in [0.2, 0.25) is 0 Å². The molecule has 0 heterocycles. The monoisotopic (exact) mass is 196 g/mol. The van der Waals surface area contributed by atoms with E-state index in [1.807, 2.05) is 0 Å². The Labute approximate surface area is 83.5 Å². The quantitative estimate of drug-likeness (QED) is 0.620. The number of ether oxygens (including phenoxy) is 1. The van der Waals surface area contributed by atoms with Crippen molar-refractivity contribution in [3.63, 3.8) is 0 Å². The Bertz CT molecular complexity index is 313. The van der Waals surface area contributed by atoms with Gasteiger partial charge in [-0.15, -0.1) is 0 Å². The Hall–Kier alpha value is -1.26. The summed E-state index contributed by atoms with van der Waals surface area (Å²) in [4.78, 5) is 0. The van der Waals surface area contributed by atoms with Gasteiger partial charge in [0.15, 0.2) is 0 Å². The molecule has 0 saturated carbocycles. The van der Waals surface area contributed by atoms with Crippen molar-refractivity contribution in [3.05, 3.63) is 23.8 Å². The summed E-state index contributed by atoms with van der Waals surface area (Å²) in [5.74, 6) is 0.684. The molecule has 0 aliphatic heterocycles. The molecule has 2 atom stereocenters. The van der Waals surface area contributed by atoms with Gasteiger partial charge in [0.25, 0.3) is 0 Å².